The third-order valence-electron chi connectivity index (χ3n) is 4.73. The number of carbonyl (C=O) groups is 1. The van der Waals surface area contributed by atoms with E-state index >= 15 is 0 Å². The number of hydrogen-bond donors (Lipinski definition) is 1. The van der Waals surface area contributed by atoms with Crippen molar-refractivity contribution in [1.82, 2.24) is 9.80 Å². The first-order chi connectivity index (χ1) is 13.0. The van der Waals surface area contributed by atoms with Crippen molar-refractivity contribution in [1.29, 1.82) is 0 Å². The van der Waals surface area contributed by atoms with E-state index in [0.717, 1.165) is 35.8 Å². The number of benzene rings is 1. The minimum Gasteiger partial charge on any atom is -0.478 e. The summed E-state index contributed by atoms with van der Waals surface area (Å²) in [7, 11) is 0. The quantitative estimate of drug-likeness (QED) is 0.772. The Hall–Kier alpha value is -1.63. The van der Waals surface area contributed by atoms with Crippen LogP contribution in [0.2, 0.25) is 5.02 Å². The fourth-order valence-corrected chi connectivity index (χ4v) is 4.84. The van der Waals surface area contributed by atoms with Gasteiger partial charge in [0.1, 0.15) is 11.2 Å². The first kappa shape index (κ1) is 20.1. The summed E-state index contributed by atoms with van der Waals surface area (Å²) in [5.74, 6) is 1.04. The highest BCUT2D eigenvalue weighted by atomic mass is 35.5. The molecule has 7 heteroatoms. The number of rotatable bonds is 6. The fraction of sp³-hybridized carbons (Fsp3) is 0.450. The molecule has 1 unspecified atom stereocenters. The Bertz CT molecular complexity index is 759. The topological polar surface area (TPSA) is 53.0 Å². The number of aliphatic carboxylic acids is 1. The molecule has 0 bridgehead atoms. The summed E-state index contributed by atoms with van der Waals surface area (Å²) >= 11 is 7.83. The van der Waals surface area contributed by atoms with E-state index < -0.39 is 5.97 Å². The molecule has 1 atom stereocenters. The molecule has 1 fully saturated rings. The zero-order chi connectivity index (χ0) is 19.4. The molecule has 0 aromatic heterocycles. The van der Waals surface area contributed by atoms with E-state index in [1.165, 1.54) is 0 Å². The number of nitrogens with zero attached hydrogens (tertiary/aromatic N) is 2. The van der Waals surface area contributed by atoms with Crippen LogP contribution in [0.15, 0.2) is 47.3 Å². The maximum absolute atomic E-state index is 12.0. The largest absolute Gasteiger partial charge is 0.478 e. The normalized spacial score (nSPS) is 20.7. The number of carboxylic acid groups (broad SMARTS) is 1. The molecule has 0 radical (unpaired) electrons. The zero-order valence-corrected chi connectivity index (χ0v) is 17.2. The van der Waals surface area contributed by atoms with Gasteiger partial charge in [-0.1, -0.05) is 30.7 Å². The van der Waals surface area contributed by atoms with Crippen molar-refractivity contribution in [2.75, 3.05) is 32.1 Å². The van der Waals surface area contributed by atoms with Gasteiger partial charge in [0.15, 0.2) is 0 Å². The number of halogens is 1. The number of carboxylic acids is 1. The van der Waals surface area contributed by atoms with Gasteiger partial charge < -0.3 is 19.6 Å². The van der Waals surface area contributed by atoms with Gasteiger partial charge in [-0.3, -0.25) is 0 Å². The van der Waals surface area contributed by atoms with E-state index in [2.05, 4.69) is 16.7 Å². The average molecular weight is 409 g/mol. The lowest BCUT2D eigenvalue weighted by molar-refractivity contribution is -0.133. The lowest BCUT2D eigenvalue weighted by Gasteiger charge is -2.44. The molecular weight excluding hydrogens is 384 g/mol. The van der Waals surface area contributed by atoms with E-state index in [-0.39, 0.29) is 5.37 Å². The molecule has 2 aliphatic rings. The minimum atomic E-state index is -0.855. The van der Waals surface area contributed by atoms with Crippen molar-refractivity contribution in [2.45, 2.75) is 25.8 Å². The van der Waals surface area contributed by atoms with Crippen molar-refractivity contribution in [3.05, 3.63) is 57.9 Å². The molecule has 1 aromatic rings. The van der Waals surface area contributed by atoms with E-state index in [1.54, 1.807) is 11.8 Å². The second kappa shape index (κ2) is 9.04. The molecule has 5 nitrogen and oxygen atoms in total. The van der Waals surface area contributed by atoms with Crippen LogP contribution >= 0.6 is 23.4 Å². The molecule has 27 heavy (non-hydrogen) atoms. The highest BCUT2D eigenvalue weighted by Crippen LogP contribution is 2.36. The zero-order valence-electron chi connectivity index (χ0n) is 15.7. The number of thioether (sulfide) groups is 1. The predicted molar refractivity (Wildman–Crippen MR) is 110 cm³/mol. The summed E-state index contributed by atoms with van der Waals surface area (Å²) in [4.78, 5) is 16.5. The van der Waals surface area contributed by atoms with Crippen molar-refractivity contribution in [2.24, 2.45) is 0 Å². The Morgan fingerprint density at radius 3 is 2.74 bits per heavy atom. The van der Waals surface area contributed by atoms with Gasteiger partial charge in [-0.05, 0) is 42.0 Å². The maximum Gasteiger partial charge on any atom is 0.334 e. The molecular formula is C20H25ClN2O3S. The van der Waals surface area contributed by atoms with E-state index in [9.17, 15) is 9.90 Å². The standard InChI is InChI=1S/C20H25ClN2O3S/c1-3-27-19-18(20(24)25)14(2)11-17(22-7-9-26-10-8-22)23(19)13-15-5-4-6-16(21)12-15/h4-6,11-12,19H,3,7-10,13H2,1-2H3,(H,24,25). The van der Waals surface area contributed by atoms with E-state index in [1.807, 2.05) is 37.3 Å². The summed E-state index contributed by atoms with van der Waals surface area (Å²) < 4.78 is 5.50. The van der Waals surface area contributed by atoms with Crippen molar-refractivity contribution in [3.63, 3.8) is 0 Å². The van der Waals surface area contributed by atoms with Crippen LogP contribution < -0.4 is 0 Å². The Kier molecular flexibility index (Phi) is 6.73. The van der Waals surface area contributed by atoms with Gasteiger partial charge in [0.25, 0.3) is 0 Å². The molecule has 0 spiro atoms. The summed E-state index contributed by atoms with van der Waals surface area (Å²) in [6.07, 6.45) is 2.01. The molecule has 146 valence electrons. The summed E-state index contributed by atoms with van der Waals surface area (Å²) in [5.41, 5.74) is 2.34. The number of ether oxygens (including phenoxy) is 1. The lowest BCUT2D eigenvalue weighted by atomic mass is 10.0. The van der Waals surface area contributed by atoms with Gasteiger partial charge in [0.2, 0.25) is 0 Å². The molecule has 2 heterocycles. The van der Waals surface area contributed by atoms with Crippen LogP contribution in [0.1, 0.15) is 19.4 Å². The summed E-state index contributed by atoms with van der Waals surface area (Å²) in [6.45, 7) is 7.53. The molecule has 0 aliphatic carbocycles. The Balaban J connectivity index is 2.02. The van der Waals surface area contributed by atoms with Crippen LogP contribution in [0.4, 0.5) is 0 Å². The van der Waals surface area contributed by atoms with Crippen LogP contribution in [0.25, 0.3) is 0 Å². The monoisotopic (exact) mass is 408 g/mol. The highest BCUT2D eigenvalue weighted by molar-refractivity contribution is 8.00. The van der Waals surface area contributed by atoms with Gasteiger partial charge in [0, 0.05) is 24.7 Å². The van der Waals surface area contributed by atoms with Crippen LogP contribution in [0.3, 0.4) is 0 Å². The first-order valence-electron chi connectivity index (χ1n) is 9.12. The molecule has 1 saturated heterocycles. The average Bonchev–Trinajstić information content (AvgIpc) is 2.64. The van der Waals surface area contributed by atoms with Crippen molar-refractivity contribution >= 4 is 29.3 Å². The second-order valence-electron chi connectivity index (χ2n) is 6.57. The van der Waals surface area contributed by atoms with Crippen LogP contribution in [-0.4, -0.2) is 58.3 Å². The van der Waals surface area contributed by atoms with Gasteiger partial charge in [0.05, 0.1) is 18.8 Å². The van der Waals surface area contributed by atoms with E-state index in [0.29, 0.717) is 30.4 Å². The molecule has 3 rings (SSSR count). The van der Waals surface area contributed by atoms with Gasteiger partial charge in [-0.15, -0.1) is 11.8 Å². The maximum atomic E-state index is 12.0. The van der Waals surface area contributed by atoms with Crippen LogP contribution in [0, 0.1) is 0 Å². The third kappa shape index (κ3) is 4.62. The third-order valence-corrected chi connectivity index (χ3v) is 6.10. The van der Waals surface area contributed by atoms with Crippen molar-refractivity contribution in [3.8, 4) is 0 Å². The van der Waals surface area contributed by atoms with Gasteiger partial charge in [-0.25, -0.2) is 4.79 Å². The summed E-state index contributed by atoms with van der Waals surface area (Å²) in [6, 6.07) is 7.76. The minimum absolute atomic E-state index is 0.241. The molecule has 0 amide bonds. The number of hydrogen-bond acceptors (Lipinski definition) is 5. The Morgan fingerprint density at radius 2 is 2.11 bits per heavy atom. The second-order valence-corrected chi connectivity index (χ2v) is 8.36. The van der Waals surface area contributed by atoms with Crippen LogP contribution in [-0.2, 0) is 16.1 Å². The molecule has 1 aromatic carbocycles. The summed E-state index contributed by atoms with van der Waals surface area (Å²) in [5, 5.41) is 10.3. The van der Waals surface area contributed by atoms with Gasteiger partial charge in [-0.2, -0.15) is 0 Å². The van der Waals surface area contributed by atoms with Crippen molar-refractivity contribution < 1.29 is 14.6 Å². The van der Waals surface area contributed by atoms with Gasteiger partial charge >= 0.3 is 5.97 Å². The molecule has 0 saturated carbocycles. The lowest BCUT2D eigenvalue weighted by Crippen LogP contribution is -2.47. The SMILES string of the molecule is CCSC1C(C(=O)O)=C(C)C=C(N2CCOCC2)N1Cc1cccc(Cl)c1. The fourth-order valence-electron chi connectivity index (χ4n) is 3.49. The molecule has 2 aliphatic heterocycles. The number of morpholine rings is 1. The Labute approximate surface area is 169 Å². The predicted octanol–water partition coefficient (Wildman–Crippen LogP) is 3.81. The Morgan fingerprint density at radius 1 is 1.37 bits per heavy atom. The highest BCUT2D eigenvalue weighted by Gasteiger charge is 2.35. The number of allylic oxidation sites excluding steroid dienone is 2. The smallest absolute Gasteiger partial charge is 0.334 e. The molecule has 1 N–H and O–H groups in total. The van der Waals surface area contributed by atoms with Crippen LogP contribution in [0.5, 0.6) is 0 Å². The first-order valence-corrected chi connectivity index (χ1v) is 10.5. The van der Waals surface area contributed by atoms with E-state index in [4.69, 9.17) is 16.3 Å².